The molecule has 1 aromatic heterocycles. The predicted octanol–water partition coefficient (Wildman–Crippen LogP) is 3.73. The number of rotatable bonds is 4. The van der Waals surface area contributed by atoms with E-state index in [1.165, 1.54) is 5.56 Å². The summed E-state index contributed by atoms with van der Waals surface area (Å²) in [6.45, 7) is 4.69. The molecule has 19 heavy (non-hydrogen) atoms. The molecular formula is C15H18N2OS. The van der Waals surface area contributed by atoms with Crippen LogP contribution in [0.2, 0.25) is 0 Å². The number of urea groups is 1. The van der Waals surface area contributed by atoms with Crippen LogP contribution in [-0.4, -0.2) is 12.6 Å². The van der Waals surface area contributed by atoms with Crippen molar-refractivity contribution >= 4 is 23.1 Å². The molecule has 2 rings (SSSR count). The lowest BCUT2D eigenvalue weighted by molar-refractivity contribution is 0.252. The molecule has 0 bridgehead atoms. The largest absolute Gasteiger partial charge is 0.338 e. The van der Waals surface area contributed by atoms with Crippen LogP contribution in [0.25, 0.3) is 0 Å². The second-order valence-corrected chi connectivity index (χ2v) is 5.42. The Hall–Kier alpha value is -1.81. The van der Waals surface area contributed by atoms with Crippen LogP contribution >= 0.6 is 11.3 Å². The Morgan fingerprint density at radius 1 is 1.21 bits per heavy atom. The van der Waals surface area contributed by atoms with Crippen molar-refractivity contribution in [2.45, 2.75) is 20.3 Å². The number of thiophene rings is 1. The fourth-order valence-electron chi connectivity index (χ4n) is 1.98. The third-order valence-electron chi connectivity index (χ3n) is 2.76. The second-order valence-electron chi connectivity index (χ2n) is 4.64. The first-order valence-electron chi connectivity index (χ1n) is 6.28. The van der Waals surface area contributed by atoms with Gasteiger partial charge in [0.05, 0.1) is 0 Å². The van der Waals surface area contributed by atoms with E-state index in [9.17, 15) is 4.79 Å². The van der Waals surface area contributed by atoms with Crippen LogP contribution in [0, 0.1) is 13.8 Å². The summed E-state index contributed by atoms with van der Waals surface area (Å²) < 4.78 is 0. The van der Waals surface area contributed by atoms with Crippen molar-refractivity contribution in [2.75, 3.05) is 11.9 Å². The molecule has 0 saturated heterocycles. The van der Waals surface area contributed by atoms with Crippen LogP contribution < -0.4 is 10.6 Å². The molecule has 100 valence electrons. The lowest BCUT2D eigenvalue weighted by Gasteiger charge is -2.09. The van der Waals surface area contributed by atoms with Gasteiger partial charge in [-0.15, -0.1) is 0 Å². The van der Waals surface area contributed by atoms with E-state index in [1.54, 1.807) is 11.3 Å². The third kappa shape index (κ3) is 4.41. The van der Waals surface area contributed by atoms with Crippen molar-refractivity contribution < 1.29 is 4.79 Å². The van der Waals surface area contributed by atoms with E-state index in [0.717, 1.165) is 23.2 Å². The fourth-order valence-corrected chi connectivity index (χ4v) is 2.68. The number of amides is 2. The van der Waals surface area contributed by atoms with Gasteiger partial charge >= 0.3 is 6.03 Å². The maximum absolute atomic E-state index is 11.7. The van der Waals surface area contributed by atoms with E-state index in [1.807, 2.05) is 31.4 Å². The molecule has 1 aromatic carbocycles. The predicted molar refractivity (Wildman–Crippen MR) is 81.0 cm³/mol. The molecular weight excluding hydrogens is 256 g/mol. The molecule has 2 amide bonds. The summed E-state index contributed by atoms with van der Waals surface area (Å²) in [4.78, 5) is 11.7. The molecule has 0 unspecified atom stereocenters. The third-order valence-corrected chi connectivity index (χ3v) is 3.49. The minimum atomic E-state index is -0.153. The molecule has 2 aromatic rings. The van der Waals surface area contributed by atoms with Crippen molar-refractivity contribution in [3.05, 3.63) is 51.7 Å². The molecule has 0 aliphatic rings. The van der Waals surface area contributed by atoms with Gasteiger partial charge in [0, 0.05) is 12.2 Å². The van der Waals surface area contributed by atoms with Crippen LogP contribution in [0.5, 0.6) is 0 Å². The van der Waals surface area contributed by atoms with Gasteiger partial charge in [-0.2, -0.15) is 11.3 Å². The zero-order valence-corrected chi connectivity index (χ0v) is 12.0. The molecule has 0 fully saturated rings. The van der Waals surface area contributed by atoms with Gasteiger partial charge in [0.1, 0.15) is 0 Å². The summed E-state index contributed by atoms with van der Waals surface area (Å²) in [5, 5.41) is 9.87. The number of aryl methyl sites for hydroxylation is 2. The zero-order chi connectivity index (χ0) is 13.7. The highest BCUT2D eigenvalue weighted by molar-refractivity contribution is 7.07. The van der Waals surface area contributed by atoms with Gasteiger partial charge in [-0.3, -0.25) is 0 Å². The number of anilines is 1. The molecule has 0 spiro atoms. The number of hydrogen-bond acceptors (Lipinski definition) is 2. The van der Waals surface area contributed by atoms with E-state index in [-0.39, 0.29) is 6.03 Å². The highest BCUT2D eigenvalue weighted by Gasteiger charge is 2.02. The summed E-state index contributed by atoms with van der Waals surface area (Å²) >= 11 is 1.68. The summed E-state index contributed by atoms with van der Waals surface area (Å²) in [6.07, 6.45) is 0.865. The first-order valence-corrected chi connectivity index (χ1v) is 7.22. The topological polar surface area (TPSA) is 41.1 Å². The number of nitrogens with one attached hydrogen (secondary N) is 2. The van der Waals surface area contributed by atoms with Gasteiger partial charge in [0.25, 0.3) is 0 Å². The Kier molecular flexibility index (Phi) is 4.58. The van der Waals surface area contributed by atoms with Crippen molar-refractivity contribution in [1.82, 2.24) is 5.32 Å². The minimum Gasteiger partial charge on any atom is -0.338 e. The van der Waals surface area contributed by atoms with Crippen molar-refractivity contribution in [3.63, 3.8) is 0 Å². The molecule has 0 aliphatic heterocycles. The monoisotopic (exact) mass is 274 g/mol. The molecule has 3 nitrogen and oxygen atoms in total. The summed E-state index contributed by atoms with van der Waals surface area (Å²) in [6, 6.07) is 7.94. The van der Waals surface area contributed by atoms with Gasteiger partial charge in [0.15, 0.2) is 0 Å². The quantitative estimate of drug-likeness (QED) is 0.876. The lowest BCUT2D eigenvalue weighted by Crippen LogP contribution is -2.30. The SMILES string of the molecule is Cc1cc(C)cc(NC(=O)NCCc2ccsc2)c1. The number of carbonyl (C=O) groups is 1. The standard InChI is InChI=1S/C15H18N2OS/c1-11-7-12(2)9-14(8-11)17-15(18)16-5-3-13-4-6-19-10-13/h4,6-10H,3,5H2,1-2H3,(H2,16,17,18). The van der Waals surface area contributed by atoms with Crippen molar-refractivity contribution in [2.24, 2.45) is 0 Å². The van der Waals surface area contributed by atoms with Gasteiger partial charge in [-0.05, 0) is 65.9 Å². The van der Waals surface area contributed by atoms with E-state index >= 15 is 0 Å². The van der Waals surface area contributed by atoms with E-state index in [4.69, 9.17) is 0 Å². The van der Waals surface area contributed by atoms with E-state index in [0.29, 0.717) is 6.54 Å². The van der Waals surface area contributed by atoms with E-state index in [2.05, 4.69) is 28.1 Å². The Labute approximate surface area is 117 Å². The van der Waals surface area contributed by atoms with Crippen LogP contribution in [0.1, 0.15) is 16.7 Å². The maximum atomic E-state index is 11.7. The zero-order valence-electron chi connectivity index (χ0n) is 11.2. The van der Waals surface area contributed by atoms with Crippen molar-refractivity contribution in [1.29, 1.82) is 0 Å². The molecule has 0 aliphatic carbocycles. The number of hydrogen-bond donors (Lipinski definition) is 2. The molecule has 0 atom stereocenters. The highest BCUT2D eigenvalue weighted by Crippen LogP contribution is 2.13. The fraction of sp³-hybridized carbons (Fsp3) is 0.267. The summed E-state index contributed by atoms with van der Waals surface area (Å²) in [7, 11) is 0. The van der Waals surface area contributed by atoms with Crippen LogP contribution in [0.4, 0.5) is 10.5 Å². The molecule has 2 N–H and O–H groups in total. The highest BCUT2D eigenvalue weighted by atomic mass is 32.1. The first-order chi connectivity index (χ1) is 9.13. The Bertz CT molecular complexity index is 529. The average Bonchev–Trinajstić information content (AvgIpc) is 2.80. The van der Waals surface area contributed by atoms with Crippen LogP contribution in [0.15, 0.2) is 35.0 Å². The summed E-state index contributed by atoms with van der Waals surface area (Å²) in [5.74, 6) is 0. The van der Waals surface area contributed by atoms with Gasteiger partial charge < -0.3 is 10.6 Å². The Morgan fingerprint density at radius 2 is 1.95 bits per heavy atom. The summed E-state index contributed by atoms with van der Waals surface area (Å²) in [5.41, 5.74) is 4.39. The minimum absolute atomic E-state index is 0.153. The normalized spacial score (nSPS) is 10.2. The Balaban J connectivity index is 1.80. The average molecular weight is 274 g/mol. The molecule has 4 heteroatoms. The molecule has 0 radical (unpaired) electrons. The number of benzene rings is 1. The lowest BCUT2D eigenvalue weighted by atomic mass is 10.1. The van der Waals surface area contributed by atoms with Gasteiger partial charge in [-0.25, -0.2) is 4.79 Å². The maximum Gasteiger partial charge on any atom is 0.319 e. The van der Waals surface area contributed by atoms with E-state index < -0.39 is 0 Å². The number of carbonyl (C=O) groups excluding carboxylic acids is 1. The first kappa shape index (κ1) is 13.6. The van der Waals surface area contributed by atoms with Gasteiger partial charge in [-0.1, -0.05) is 6.07 Å². The van der Waals surface area contributed by atoms with Crippen LogP contribution in [0.3, 0.4) is 0 Å². The smallest absolute Gasteiger partial charge is 0.319 e. The van der Waals surface area contributed by atoms with Crippen molar-refractivity contribution in [3.8, 4) is 0 Å². The second kappa shape index (κ2) is 6.38. The van der Waals surface area contributed by atoms with Gasteiger partial charge in [0.2, 0.25) is 0 Å². The molecule has 1 heterocycles. The van der Waals surface area contributed by atoms with Crippen LogP contribution in [-0.2, 0) is 6.42 Å². The Morgan fingerprint density at radius 3 is 2.58 bits per heavy atom. The molecule has 0 saturated carbocycles.